The Kier molecular flexibility index (Phi) is 3.03. The molecule has 0 spiro atoms. The van der Waals surface area contributed by atoms with Crippen molar-refractivity contribution in [2.24, 2.45) is 5.92 Å². The van der Waals surface area contributed by atoms with Gasteiger partial charge in [-0.15, -0.1) is 0 Å². The number of aromatic amines is 1. The molecule has 5 nitrogen and oxygen atoms in total. The zero-order valence-electron chi connectivity index (χ0n) is 11.7. The molecule has 21 heavy (non-hydrogen) atoms. The highest BCUT2D eigenvalue weighted by atomic mass is 15.3. The molecule has 1 aliphatic heterocycles. The number of rotatable bonds is 3. The third-order valence-corrected chi connectivity index (χ3v) is 4.10. The Labute approximate surface area is 123 Å². The number of fused-ring (bicyclic) bond motifs is 1. The van der Waals surface area contributed by atoms with E-state index in [1.54, 1.807) is 12.4 Å². The Morgan fingerprint density at radius 1 is 1.24 bits per heavy atom. The number of H-pyrrole nitrogens is 1. The molecule has 4 rings (SSSR count). The standard InChI is InChI=1S/C16H17N5/c1-4-18-16(19-5-1)21-7-3-12(11-21)8-13-9-14-2-6-17-15(14)20-10-13/h1-2,4-6,9-10,12H,3,7-8,11H2,(H,17,20)/t12-/m1/s1. The molecule has 3 aromatic heterocycles. The molecule has 4 heterocycles. The molecule has 0 saturated carbocycles. The van der Waals surface area contributed by atoms with Crippen molar-refractivity contribution in [1.29, 1.82) is 0 Å². The number of nitrogens with zero attached hydrogens (tertiary/aromatic N) is 4. The summed E-state index contributed by atoms with van der Waals surface area (Å²) in [6, 6.07) is 6.17. The smallest absolute Gasteiger partial charge is 0.225 e. The van der Waals surface area contributed by atoms with Gasteiger partial charge in [-0.1, -0.05) is 0 Å². The van der Waals surface area contributed by atoms with Gasteiger partial charge >= 0.3 is 0 Å². The molecule has 0 unspecified atom stereocenters. The molecule has 1 aliphatic rings. The fraction of sp³-hybridized carbons (Fsp3) is 0.312. The maximum atomic E-state index is 4.47. The Hall–Kier alpha value is -2.43. The molecule has 1 fully saturated rings. The third-order valence-electron chi connectivity index (χ3n) is 4.10. The molecule has 0 bridgehead atoms. The summed E-state index contributed by atoms with van der Waals surface area (Å²) < 4.78 is 0. The molecular weight excluding hydrogens is 262 g/mol. The summed E-state index contributed by atoms with van der Waals surface area (Å²) in [4.78, 5) is 18.5. The first-order valence-corrected chi connectivity index (χ1v) is 7.32. The molecule has 1 N–H and O–H groups in total. The predicted octanol–water partition coefficient (Wildman–Crippen LogP) is 2.42. The van der Waals surface area contributed by atoms with Crippen LogP contribution in [0.4, 0.5) is 5.95 Å². The van der Waals surface area contributed by atoms with Gasteiger partial charge in [-0.3, -0.25) is 0 Å². The summed E-state index contributed by atoms with van der Waals surface area (Å²) in [6.07, 6.45) is 9.78. The van der Waals surface area contributed by atoms with Crippen molar-refractivity contribution in [3.05, 3.63) is 48.5 Å². The van der Waals surface area contributed by atoms with E-state index >= 15 is 0 Å². The highest BCUT2D eigenvalue weighted by molar-refractivity contribution is 5.75. The van der Waals surface area contributed by atoms with Gasteiger partial charge in [0, 0.05) is 43.3 Å². The fourth-order valence-corrected chi connectivity index (χ4v) is 3.07. The SMILES string of the molecule is c1cnc(N2CC[C@H](Cc3cnc4[nH]ccc4c3)C2)nc1. The van der Waals surface area contributed by atoms with Crippen LogP contribution in [0.3, 0.4) is 0 Å². The van der Waals surface area contributed by atoms with E-state index < -0.39 is 0 Å². The van der Waals surface area contributed by atoms with Gasteiger partial charge in [0.1, 0.15) is 5.65 Å². The van der Waals surface area contributed by atoms with Crippen LogP contribution in [0.25, 0.3) is 11.0 Å². The van der Waals surface area contributed by atoms with E-state index in [2.05, 4.69) is 37.0 Å². The molecule has 5 heteroatoms. The number of aromatic nitrogens is 4. The van der Waals surface area contributed by atoms with Crippen LogP contribution >= 0.6 is 0 Å². The van der Waals surface area contributed by atoms with E-state index in [4.69, 9.17) is 0 Å². The maximum Gasteiger partial charge on any atom is 0.225 e. The van der Waals surface area contributed by atoms with Crippen LogP contribution < -0.4 is 4.90 Å². The zero-order chi connectivity index (χ0) is 14.1. The summed E-state index contributed by atoms with van der Waals surface area (Å²) in [7, 11) is 0. The normalized spacial score (nSPS) is 18.5. The average molecular weight is 279 g/mol. The van der Waals surface area contributed by atoms with Crippen LogP contribution in [0.5, 0.6) is 0 Å². The van der Waals surface area contributed by atoms with E-state index in [9.17, 15) is 0 Å². The molecular formula is C16H17N5. The van der Waals surface area contributed by atoms with Crippen molar-refractivity contribution < 1.29 is 0 Å². The predicted molar refractivity (Wildman–Crippen MR) is 82.1 cm³/mol. The molecule has 0 aliphatic carbocycles. The van der Waals surface area contributed by atoms with E-state index in [-0.39, 0.29) is 0 Å². The highest BCUT2D eigenvalue weighted by Gasteiger charge is 2.24. The molecule has 3 aromatic rings. The quantitative estimate of drug-likeness (QED) is 0.800. The van der Waals surface area contributed by atoms with Crippen molar-refractivity contribution in [2.45, 2.75) is 12.8 Å². The average Bonchev–Trinajstić information content (AvgIpc) is 3.17. The van der Waals surface area contributed by atoms with Crippen LogP contribution in [-0.4, -0.2) is 33.0 Å². The lowest BCUT2D eigenvalue weighted by atomic mass is 9.99. The van der Waals surface area contributed by atoms with E-state index in [0.29, 0.717) is 5.92 Å². The van der Waals surface area contributed by atoms with Crippen molar-refractivity contribution in [3.63, 3.8) is 0 Å². The van der Waals surface area contributed by atoms with Gasteiger partial charge in [0.25, 0.3) is 0 Å². The van der Waals surface area contributed by atoms with E-state index in [0.717, 1.165) is 31.1 Å². The number of pyridine rings is 1. The van der Waals surface area contributed by atoms with Crippen molar-refractivity contribution in [1.82, 2.24) is 19.9 Å². The molecule has 0 amide bonds. The van der Waals surface area contributed by atoms with Crippen molar-refractivity contribution >= 4 is 17.0 Å². The number of hydrogen-bond donors (Lipinski definition) is 1. The van der Waals surface area contributed by atoms with Gasteiger partial charge in [0.2, 0.25) is 5.95 Å². The van der Waals surface area contributed by atoms with Crippen LogP contribution in [0.2, 0.25) is 0 Å². The zero-order valence-corrected chi connectivity index (χ0v) is 11.7. The molecule has 0 aromatic carbocycles. The van der Waals surface area contributed by atoms with Gasteiger partial charge in [-0.25, -0.2) is 15.0 Å². The molecule has 1 atom stereocenters. The number of anilines is 1. The van der Waals surface area contributed by atoms with Crippen LogP contribution in [0.1, 0.15) is 12.0 Å². The monoisotopic (exact) mass is 279 g/mol. The highest BCUT2D eigenvalue weighted by Crippen LogP contribution is 2.24. The lowest BCUT2D eigenvalue weighted by Crippen LogP contribution is -2.22. The number of nitrogens with one attached hydrogen (secondary N) is 1. The van der Waals surface area contributed by atoms with E-state index in [1.165, 1.54) is 17.4 Å². The maximum absolute atomic E-state index is 4.47. The van der Waals surface area contributed by atoms with Gasteiger partial charge in [-0.05, 0) is 42.5 Å². The van der Waals surface area contributed by atoms with Gasteiger partial charge in [0.15, 0.2) is 0 Å². The van der Waals surface area contributed by atoms with Gasteiger partial charge in [0.05, 0.1) is 0 Å². The van der Waals surface area contributed by atoms with Crippen molar-refractivity contribution in [2.75, 3.05) is 18.0 Å². The minimum absolute atomic E-state index is 0.645. The third kappa shape index (κ3) is 2.46. The first kappa shape index (κ1) is 12.3. The minimum atomic E-state index is 0.645. The van der Waals surface area contributed by atoms with Crippen LogP contribution in [-0.2, 0) is 6.42 Å². The lowest BCUT2D eigenvalue weighted by molar-refractivity contribution is 0.585. The molecule has 106 valence electrons. The van der Waals surface area contributed by atoms with Crippen LogP contribution in [0, 0.1) is 5.92 Å². The Morgan fingerprint density at radius 3 is 3.05 bits per heavy atom. The second-order valence-corrected chi connectivity index (χ2v) is 5.61. The number of hydrogen-bond acceptors (Lipinski definition) is 4. The largest absolute Gasteiger partial charge is 0.346 e. The summed E-state index contributed by atoms with van der Waals surface area (Å²) in [5, 5.41) is 1.19. The van der Waals surface area contributed by atoms with Crippen LogP contribution in [0.15, 0.2) is 43.0 Å². The summed E-state index contributed by atoms with van der Waals surface area (Å²) >= 11 is 0. The first-order chi connectivity index (χ1) is 10.4. The molecule has 1 saturated heterocycles. The topological polar surface area (TPSA) is 57.7 Å². The fourth-order valence-electron chi connectivity index (χ4n) is 3.07. The molecule has 0 radical (unpaired) electrons. The Balaban J connectivity index is 1.46. The second kappa shape index (κ2) is 5.16. The second-order valence-electron chi connectivity index (χ2n) is 5.61. The van der Waals surface area contributed by atoms with Gasteiger partial charge < -0.3 is 9.88 Å². The summed E-state index contributed by atoms with van der Waals surface area (Å²) in [5.41, 5.74) is 2.27. The van der Waals surface area contributed by atoms with E-state index in [1.807, 2.05) is 18.5 Å². The lowest BCUT2D eigenvalue weighted by Gasteiger charge is -2.15. The Bertz CT molecular complexity index is 737. The Morgan fingerprint density at radius 2 is 2.14 bits per heavy atom. The minimum Gasteiger partial charge on any atom is -0.346 e. The summed E-state index contributed by atoms with van der Waals surface area (Å²) in [5.74, 6) is 1.49. The van der Waals surface area contributed by atoms with Gasteiger partial charge in [-0.2, -0.15) is 0 Å². The first-order valence-electron chi connectivity index (χ1n) is 7.32. The van der Waals surface area contributed by atoms with Crippen molar-refractivity contribution in [3.8, 4) is 0 Å². The summed E-state index contributed by atoms with van der Waals surface area (Å²) in [6.45, 7) is 2.06.